The zero-order chi connectivity index (χ0) is 20.4. The summed E-state index contributed by atoms with van der Waals surface area (Å²) in [5.41, 5.74) is 3.17. The number of benzene rings is 1. The molecule has 0 N–H and O–H groups in total. The van der Waals surface area contributed by atoms with Crippen LogP contribution in [0.3, 0.4) is 0 Å². The molecule has 0 aliphatic rings. The molecule has 0 amide bonds. The molecular formula is C25H40OSi. The summed E-state index contributed by atoms with van der Waals surface area (Å²) >= 11 is 0. The number of hydrogen-bond donors (Lipinski definition) is 0. The van der Waals surface area contributed by atoms with Crippen molar-refractivity contribution >= 4 is 8.32 Å². The lowest BCUT2D eigenvalue weighted by atomic mass is 10.1. The Hall–Kier alpha value is -1.30. The molecule has 2 heteroatoms. The van der Waals surface area contributed by atoms with Crippen molar-refractivity contribution in [1.82, 2.24) is 0 Å². The van der Waals surface area contributed by atoms with E-state index in [0.717, 1.165) is 12.8 Å². The molecule has 1 rings (SSSR count). The highest BCUT2D eigenvalue weighted by molar-refractivity contribution is 6.77. The van der Waals surface area contributed by atoms with Gasteiger partial charge in [-0.15, -0.1) is 0 Å². The summed E-state index contributed by atoms with van der Waals surface area (Å²) in [6.45, 7) is 18.2. The summed E-state index contributed by atoms with van der Waals surface area (Å²) in [6, 6.07) is 10.6. The van der Waals surface area contributed by atoms with Gasteiger partial charge in [-0.1, -0.05) is 95.9 Å². The Morgan fingerprint density at radius 3 is 1.93 bits per heavy atom. The number of rotatable bonds is 9. The molecule has 150 valence electrons. The Morgan fingerprint density at radius 2 is 1.41 bits per heavy atom. The Labute approximate surface area is 169 Å². The number of hydrogen-bond acceptors (Lipinski definition) is 1. The highest BCUT2D eigenvalue weighted by atomic mass is 28.4. The van der Waals surface area contributed by atoms with Crippen LogP contribution in [0.2, 0.25) is 16.6 Å². The Kier molecular flexibility index (Phi) is 10.1. The highest BCUT2D eigenvalue weighted by Gasteiger charge is 2.45. The second kappa shape index (κ2) is 11.5. The largest absolute Gasteiger partial charge is 0.403 e. The summed E-state index contributed by atoms with van der Waals surface area (Å²) in [6.07, 6.45) is 6.63. The van der Waals surface area contributed by atoms with Gasteiger partial charge in [0.15, 0.2) is 0 Å². The van der Waals surface area contributed by atoms with E-state index in [4.69, 9.17) is 4.43 Å². The molecule has 2 atom stereocenters. The molecule has 0 aliphatic carbocycles. The molecule has 0 radical (unpaired) electrons. The van der Waals surface area contributed by atoms with Crippen LogP contribution in [0.4, 0.5) is 0 Å². The molecule has 1 aromatic carbocycles. The number of aryl methyl sites for hydroxylation is 1. The summed E-state index contributed by atoms with van der Waals surface area (Å²) in [5, 5.41) is 0. The first-order chi connectivity index (χ1) is 12.7. The summed E-state index contributed by atoms with van der Waals surface area (Å²) in [4.78, 5) is 0. The zero-order valence-corrected chi connectivity index (χ0v) is 19.8. The summed E-state index contributed by atoms with van der Waals surface area (Å²) < 4.78 is 6.70. The summed E-state index contributed by atoms with van der Waals surface area (Å²) in [5.74, 6) is 7.02. The fourth-order valence-electron chi connectivity index (χ4n) is 4.24. The van der Waals surface area contributed by atoms with Crippen molar-refractivity contribution in [2.75, 3.05) is 0 Å². The predicted octanol–water partition coefficient (Wildman–Crippen LogP) is 7.40. The van der Waals surface area contributed by atoms with Gasteiger partial charge in [0, 0.05) is 5.92 Å². The van der Waals surface area contributed by atoms with E-state index in [9.17, 15) is 0 Å². The molecule has 0 unspecified atom stereocenters. The predicted molar refractivity (Wildman–Crippen MR) is 122 cm³/mol. The van der Waals surface area contributed by atoms with Crippen LogP contribution in [0.5, 0.6) is 0 Å². The van der Waals surface area contributed by atoms with Crippen molar-refractivity contribution in [3.63, 3.8) is 0 Å². The van der Waals surface area contributed by atoms with E-state index in [1.165, 1.54) is 5.56 Å². The van der Waals surface area contributed by atoms with Crippen molar-refractivity contribution in [3.05, 3.63) is 48.0 Å². The fourth-order valence-corrected chi connectivity index (χ4v) is 9.72. The van der Waals surface area contributed by atoms with Gasteiger partial charge >= 0.3 is 0 Å². The van der Waals surface area contributed by atoms with Crippen LogP contribution in [-0.4, -0.2) is 14.4 Å². The van der Waals surface area contributed by atoms with Crippen LogP contribution in [0.15, 0.2) is 42.5 Å². The van der Waals surface area contributed by atoms with Gasteiger partial charge in [-0.05, 0) is 48.9 Å². The van der Waals surface area contributed by atoms with E-state index in [2.05, 4.69) is 110 Å². The summed E-state index contributed by atoms with van der Waals surface area (Å²) in [7, 11) is -1.85. The minimum atomic E-state index is -1.85. The van der Waals surface area contributed by atoms with Crippen LogP contribution < -0.4 is 0 Å². The molecular weight excluding hydrogens is 344 g/mol. The second-order valence-electron chi connectivity index (χ2n) is 8.61. The first kappa shape index (κ1) is 23.7. The first-order valence-corrected chi connectivity index (χ1v) is 12.7. The minimum Gasteiger partial charge on any atom is -0.403 e. The van der Waals surface area contributed by atoms with Crippen LogP contribution in [0.1, 0.15) is 67.4 Å². The van der Waals surface area contributed by atoms with Crippen LogP contribution in [0, 0.1) is 17.8 Å². The molecule has 0 fully saturated rings. The molecule has 0 saturated carbocycles. The second-order valence-corrected chi connectivity index (χ2v) is 14.0. The van der Waals surface area contributed by atoms with E-state index >= 15 is 0 Å². The molecule has 0 saturated heterocycles. The maximum absolute atomic E-state index is 6.70. The highest BCUT2D eigenvalue weighted by Crippen LogP contribution is 2.42. The topological polar surface area (TPSA) is 9.23 Å². The van der Waals surface area contributed by atoms with Crippen LogP contribution in [-0.2, 0) is 10.8 Å². The van der Waals surface area contributed by atoms with Gasteiger partial charge in [0.1, 0.15) is 6.10 Å². The Morgan fingerprint density at radius 1 is 0.852 bits per heavy atom. The molecule has 0 aromatic heterocycles. The molecule has 1 aromatic rings. The van der Waals surface area contributed by atoms with Gasteiger partial charge in [0.05, 0.1) is 0 Å². The Bertz CT molecular complexity index is 597. The van der Waals surface area contributed by atoms with E-state index in [1.54, 1.807) is 0 Å². The van der Waals surface area contributed by atoms with Gasteiger partial charge in [-0.3, -0.25) is 0 Å². The van der Waals surface area contributed by atoms with Crippen LogP contribution in [0.25, 0.3) is 0 Å². The minimum absolute atomic E-state index is 0.00374. The van der Waals surface area contributed by atoms with E-state index in [0.29, 0.717) is 16.6 Å². The van der Waals surface area contributed by atoms with Crippen molar-refractivity contribution in [1.29, 1.82) is 0 Å². The fraction of sp³-hybridized carbons (Fsp3) is 0.600. The average Bonchev–Trinajstić information content (AvgIpc) is 2.61. The third-order valence-corrected chi connectivity index (χ3v) is 11.6. The molecule has 0 spiro atoms. The molecule has 0 bridgehead atoms. The lowest BCUT2D eigenvalue weighted by molar-refractivity contribution is 0.242. The standard InChI is InChI=1S/C25H40OSi/c1-20(2)27(21(3)4,22(5)6)26-24(8)19-18-23(7)14-12-13-17-25-15-10-9-11-16-25/h9-12,14-16,20-24H,13,17H2,1-8H3/b14-12+/t23-,24+/m1/s1. The van der Waals surface area contributed by atoms with Gasteiger partial charge in [0.2, 0.25) is 8.32 Å². The normalized spacial score (nSPS) is 14.6. The lowest BCUT2D eigenvalue weighted by Gasteiger charge is -2.43. The molecule has 1 nitrogen and oxygen atoms in total. The molecule has 27 heavy (non-hydrogen) atoms. The van der Waals surface area contributed by atoms with Crippen molar-refractivity contribution in [3.8, 4) is 11.8 Å². The van der Waals surface area contributed by atoms with Gasteiger partial charge < -0.3 is 4.43 Å². The monoisotopic (exact) mass is 384 g/mol. The molecule has 0 aliphatic heterocycles. The first-order valence-electron chi connectivity index (χ1n) is 10.6. The SMILES string of the molecule is CC(C)[Si](O[C@@H](C)C#C[C@H](C)/C=C/CCc1ccccc1)(C(C)C)C(C)C. The number of allylic oxidation sites excluding steroid dienone is 2. The third-order valence-electron chi connectivity index (χ3n) is 5.47. The van der Waals surface area contributed by atoms with E-state index in [-0.39, 0.29) is 12.0 Å². The van der Waals surface area contributed by atoms with Gasteiger partial charge in [-0.2, -0.15) is 0 Å². The van der Waals surface area contributed by atoms with Gasteiger partial charge in [0.25, 0.3) is 0 Å². The average molecular weight is 385 g/mol. The smallest absolute Gasteiger partial charge is 0.202 e. The molecule has 0 heterocycles. The maximum atomic E-state index is 6.70. The van der Waals surface area contributed by atoms with Crippen molar-refractivity contribution in [2.45, 2.75) is 91.0 Å². The third kappa shape index (κ3) is 7.32. The van der Waals surface area contributed by atoms with E-state index < -0.39 is 8.32 Å². The zero-order valence-electron chi connectivity index (χ0n) is 18.8. The quantitative estimate of drug-likeness (QED) is 0.245. The lowest BCUT2D eigenvalue weighted by Crippen LogP contribution is -2.49. The Balaban J connectivity index is 2.61. The van der Waals surface area contributed by atoms with Gasteiger partial charge in [-0.25, -0.2) is 0 Å². The van der Waals surface area contributed by atoms with Crippen molar-refractivity contribution in [2.24, 2.45) is 5.92 Å². The van der Waals surface area contributed by atoms with E-state index in [1.807, 2.05) is 0 Å². The van der Waals surface area contributed by atoms with Crippen LogP contribution >= 0.6 is 0 Å². The maximum Gasteiger partial charge on any atom is 0.202 e. The van der Waals surface area contributed by atoms with Crippen molar-refractivity contribution < 1.29 is 4.43 Å².